The first kappa shape index (κ1) is 21.8. The van der Waals surface area contributed by atoms with Gasteiger partial charge in [0, 0.05) is 29.5 Å². The highest BCUT2D eigenvalue weighted by atomic mass is 35.5. The van der Waals surface area contributed by atoms with Crippen LogP contribution in [0.25, 0.3) is 11.3 Å². The molecule has 8 heteroatoms. The van der Waals surface area contributed by atoms with Crippen molar-refractivity contribution < 1.29 is 9.90 Å². The van der Waals surface area contributed by atoms with Crippen molar-refractivity contribution >= 4 is 23.5 Å². The van der Waals surface area contributed by atoms with Crippen LogP contribution in [0.3, 0.4) is 0 Å². The number of hydrogen-bond donors (Lipinski definition) is 4. The van der Waals surface area contributed by atoms with Crippen LogP contribution in [-0.2, 0) is 0 Å². The van der Waals surface area contributed by atoms with Gasteiger partial charge in [0.05, 0.1) is 18.3 Å². The normalized spacial score (nSPS) is 12.1. The number of halogens is 1. The number of aryl methyl sites for hydroxylation is 1. The van der Waals surface area contributed by atoms with Gasteiger partial charge in [0.1, 0.15) is 5.69 Å². The molecule has 0 bridgehead atoms. The Balaban J connectivity index is 1.77. The zero-order valence-corrected chi connectivity index (χ0v) is 18.0. The summed E-state index contributed by atoms with van der Waals surface area (Å²) in [6.07, 6.45) is 3.50. The van der Waals surface area contributed by atoms with Crippen LogP contribution in [0.15, 0.2) is 42.7 Å². The molecule has 0 unspecified atom stereocenters. The van der Waals surface area contributed by atoms with E-state index in [-0.39, 0.29) is 12.5 Å². The second kappa shape index (κ2) is 9.73. The van der Waals surface area contributed by atoms with Crippen molar-refractivity contribution in [2.24, 2.45) is 5.92 Å². The third kappa shape index (κ3) is 5.37. The van der Waals surface area contributed by atoms with Gasteiger partial charge in [0.15, 0.2) is 0 Å². The summed E-state index contributed by atoms with van der Waals surface area (Å²) in [5.41, 5.74) is 3.55. The summed E-state index contributed by atoms with van der Waals surface area (Å²) in [5, 5.41) is 16.3. The maximum atomic E-state index is 12.7. The molecule has 1 aromatic carbocycles. The number of H-pyrrole nitrogens is 1. The number of benzene rings is 1. The number of nitrogens with zero attached hydrogens (tertiary/aromatic N) is 2. The van der Waals surface area contributed by atoms with Crippen molar-refractivity contribution in [1.29, 1.82) is 0 Å². The molecule has 1 atom stereocenters. The number of aliphatic hydroxyl groups is 1. The average molecular weight is 428 g/mol. The van der Waals surface area contributed by atoms with Crippen LogP contribution in [0.2, 0.25) is 5.02 Å². The molecule has 2 heterocycles. The third-order valence-corrected chi connectivity index (χ3v) is 4.82. The first-order chi connectivity index (χ1) is 14.4. The summed E-state index contributed by atoms with van der Waals surface area (Å²) < 4.78 is 0. The molecule has 0 aliphatic heterocycles. The lowest BCUT2D eigenvalue weighted by Crippen LogP contribution is -2.31. The van der Waals surface area contributed by atoms with Gasteiger partial charge in [-0.15, -0.1) is 0 Å². The van der Waals surface area contributed by atoms with E-state index >= 15 is 0 Å². The number of aliphatic hydroxyl groups excluding tert-OH is 1. The van der Waals surface area contributed by atoms with Gasteiger partial charge in [0.2, 0.25) is 5.95 Å². The summed E-state index contributed by atoms with van der Waals surface area (Å²) in [5.74, 6) is 0.697. The van der Waals surface area contributed by atoms with Crippen molar-refractivity contribution in [3.8, 4) is 11.3 Å². The Hall–Kier alpha value is -2.90. The third-order valence-electron chi connectivity index (χ3n) is 4.58. The van der Waals surface area contributed by atoms with Gasteiger partial charge in [0.25, 0.3) is 5.91 Å². The van der Waals surface area contributed by atoms with Crippen LogP contribution in [0.1, 0.15) is 41.5 Å². The van der Waals surface area contributed by atoms with E-state index in [4.69, 9.17) is 11.6 Å². The SMILES string of the molecule is Cc1cnc(NCC(C)C)nc1-c1c[nH]c(C(=O)N[C@H](CO)c2cccc(Cl)c2)c1. The zero-order valence-electron chi connectivity index (χ0n) is 17.2. The minimum atomic E-state index is -0.560. The average Bonchev–Trinajstić information content (AvgIpc) is 3.21. The number of amides is 1. The number of nitrogens with one attached hydrogen (secondary N) is 3. The van der Waals surface area contributed by atoms with Crippen LogP contribution < -0.4 is 10.6 Å². The first-order valence-corrected chi connectivity index (χ1v) is 10.2. The second-order valence-electron chi connectivity index (χ2n) is 7.57. The highest BCUT2D eigenvalue weighted by Gasteiger charge is 2.18. The van der Waals surface area contributed by atoms with E-state index in [9.17, 15) is 9.90 Å². The Morgan fingerprint density at radius 1 is 1.30 bits per heavy atom. The molecule has 158 valence electrons. The summed E-state index contributed by atoms with van der Waals surface area (Å²) in [6, 6.07) is 8.23. The topological polar surface area (TPSA) is 103 Å². The molecule has 30 heavy (non-hydrogen) atoms. The number of anilines is 1. The van der Waals surface area contributed by atoms with E-state index in [1.165, 1.54) is 0 Å². The molecule has 0 aliphatic carbocycles. The molecule has 0 saturated carbocycles. The molecule has 4 N–H and O–H groups in total. The molecule has 0 spiro atoms. The standard InChI is InChI=1S/C22H26ClN5O2/c1-13(2)9-25-22-26-10-14(3)20(28-22)16-8-18(24-11-16)21(30)27-19(12-29)15-5-4-6-17(23)7-15/h4-8,10-11,13,19,24,29H,9,12H2,1-3H3,(H,27,30)(H,25,26,28)/t19-/m1/s1. The van der Waals surface area contributed by atoms with E-state index in [0.717, 1.165) is 28.9 Å². The summed E-state index contributed by atoms with van der Waals surface area (Å²) in [7, 11) is 0. The van der Waals surface area contributed by atoms with E-state index in [1.54, 1.807) is 36.7 Å². The lowest BCUT2D eigenvalue weighted by atomic mass is 10.1. The van der Waals surface area contributed by atoms with Crippen molar-refractivity contribution in [3.05, 3.63) is 64.6 Å². The summed E-state index contributed by atoms with van der Waals surface area (Å²) in [6.45, 7) is 6.69. The van der Waals surface area contributed by atoms with Crippen LogP contribution in [0.5, 0.6) is 0 Å². The summed E-state index contributed by atoms with van der Waals surface area (Å²) >= 11 is 6.02. The molecule has 0 saturated heterocycles. The lowest BCUT2D eigenvalue weighted by Gasteiger charge is -2.16. The molecule has 1 amide bonds. The van der Waals surface area contributed by atoms with Gasteiger partial charge in [-0.05, 0) is 42.2 Å². The minimum absolute atomic E-state index is 0.241. The molecule has 0 radical (unpaired) electrons. The van der Waals surface area contributed by atoms with Crippen molar-refractivity contribution in [1.82, 2.24) is 20.3 Å². The molecule has 0 fully saturated rings. The number of aromatic nitrogens is 3. The van der Waals surface area contributed by atoms with E-state index < -0.39 is 6.04 Å². The molecular formula is C22H26ClN5O2. The number of aromatic amines is 1. The highest BCUT2D eigenvalue weighted by molar-refractivity contribution is 6.30. The van der Waals surface area contributed by atoms with Gasteiger partial charge in [-0.3, -0.25) is 4.79 Å². The quantitative estimate of drug-likeness (QED) is 0.435. The predicted molar refractivity (Wildman–Crippen MR) is 119 cm³/mol. The Kier molecular flexibility index (Phi) is 7.07. The monoisotopic (exact) mass is 427 g/mol. The maximum absolute atomic E-state index is 12.7. The number of carbonyl (C=O) groups excluding carboxylic acids is 1. The first-order valence-electron chi connectivity index (χ1n) is 9.81. The second-order valence-corrected chi connectivity index (χ2v) is 8.00. The molecular weight excluding hydrogens is 402 g/mol. The predicted octanol–water partition coefficient (Wildman–Crippen LogP) is 3.96. The largest absolute Gasteiger partial charge is 0.394 e. The highest BCUT2D eigenvalue weighted by Crippen LogP contribution is 2.23. The number of rotatable bonds is 8. The summed E-state index contributed by atoms with van der Waals surface area (Å²) in [4.78, 5) is 24.6. The van der Waals surface area contributed by atoms with Crippen LogP contribution in [0, 0.1) is 12.8 Å². The Labute approximate surface area is 180 Å². The van der Waals surface area contributed by atoms with Gasteiger partial charge < -0.3 is 20.7 Å². The molecule has 3 rings (SSSR count). The van der Waals surface area contributed by atoms with Crippen molar-refractivity contribution in [3.63, 3.8) is 0 Å². The van der Waals surface area contributed by atoms with Gasteiger partial charge >= 0.3 is 0 Å². The van der Waals surface area contributed by atoms with E-state index in [0.29, 0.717) is 22.6 Å². The van der Waals surface area contributed by atoms with Crippen LogP contribution in [0.4, 0.5) is 5.95 Å². The fourth-order valence-electron chi connectivity index (χ4n) is 2.97. The van der Waals surface area contributed by atoms with E-state index in [1.807, 2.05) is 13.0 Å². The zero-order chi connectivity index (χ0) is 21.7. The maximum Gasteiger partial charge on any atom is 0.268 e. The number of carbonyl (C=O) groups is 1. The Bertz CT molecular complexity index is 1020. The molecule has 2 aromatic heterocycles. The van der Waals surface area contributed by atoms with Crippen LogP contribution in [-0.4, -0.2) is 39.1 Å². The Morgan fingerprint density at radius 2 is 2.10 bits per heavy atom. The van der Waals surface area contributed by atoms with Gasteiger partial charge in [-0.2, -0.15) is 0 Å². The fourth-order valence-corrected chi connectivity index (χ4v) is 3.17. The Morgan fingerprint density at radius 3 is 2.80 bits per heavy atom. The van der Waals surface area contributed by atoms with E-state index in [2.05, 4.69) is 39.4 Å². The van der Waals surface area contributed by atoms with Crippen molar-refractivity contribution in [2.45, 2.75) is 26.8 Å². The lowest BCUT2D eigenvalue weighted by molar-refractivity contribution is 0.0912. The molecule has 3 aromatic rings. The van der Waals surface area contributed by atoms with Gasteiger partial charge in [-0.1, -0.05) is 37.6 Å². The van der Waals surface area contributed by atoms with Crippen LogP contribution >= 0.6 is 11.6 Å². The smallest absolute Gasteiger partial charge is 0.268 e. The molecule has 7 nitrogen and oxygen atoms in total. The number of hydrogen-bond acceptors (Lipinski definition) is 5. The molecule has 0 aliphatic rings. The van der Waals surface area contributed by atoms with Gasteiger partial charge in [-0.25, -0.2) is 9.97 Å². The minimum Gasteiger partial charge on any atom is -0.394 e. The van der Waals surface area contributed by atoms with Crippen molar-refractivity contribution in [2.75, 3.05) is 18.5 Å². The fraction of sp³-hybridized carbons (Fsp3) is 0.318.